The first-order valence-electron chi connectivity index (χ1n) is 4.39. The van der Waals surface area contributed by atoms with Crippen LogP contribution in [-0.2, 0) is 4.79 Å². The van der Waals surface area contributed by atoms with E-state index in [1.807, 2.05) is 0 Å². The Labute approximate surface area is 74.2 Å². The van der Waals surface area contributed by atoms with E-state index in [-0.39, 0.29) is 5.91 Å². The highest BCUT2D eigenvalue weighted by molar-refractivity contribution is 5.76. The van der Waals surface area contributed by atoms with Crippen molar-refractivity contribution in [2.75, 3.05) is 19.6 Å². The van der Waals surface area contributed by atoms with E-state index in [1.165, 1.54) is 0 Å². The van der Waals surface area contributed by atoms with Crippen LogP contribution in [0.2, 0.25) is 0 Å². The number of carbonyl (C=O) groups excluding carboxylic acids is 1. The molecule has 0 atom stereocenters. The van der Waals surface area contributed by atoms with Crippen molar-refractivity contribution in [1.29, 1.82) is 0 Å². The summed E-state index contributed by atoms with van der Waals surface area (Å²) in [5, 5.41) is 5.87. The van der Waals surface area contributed by atoms with E-state index in [2.05, 4.69) is 24.1 Å². The minimum Gasteiger partial charge on any atom is -0.353 e. The molecule has 0 aliphatic rings. The van der Waals surface area contributed by atoms with Gasteiger partial charge in [-0.05, 0) is 13.0 Å². The zero-order chi connectivity index (χ0) is 9.23. The molecule has 0 aromatic heterocycles. The molecular weight excluding hydrogens is 152 g/mol. The maximum Gasteiger partial charge on any atom is 0.221 e. The van der Waals surface area contributed by atoms with Gasteiger partial charge in [-0.3, -0.25) is 4.79 Å². The van der Waals surface area contributed by atoms with Crippen molar-refractivity contribution in [3.05, 3.63) is 12.7 Å². The molecule has 0 heterocycles. The highest BCUT2D eigenvalue weighted by Gasteiger charge is 1.96. The summed E-state index contributed by atoms with van der Waals surface area (Å²) >= 11 is 0. The van der Waals surface area contributed by atoms with Crippen LogP contribution in [0, 0.1) is 0 Å². The Morgan fingerprint density at radius 3 is 2.83 bits per heavy atom. The molecule has 0 fully saturated rings. The molecule has 0 rings (SSSR count). The average Bonchev–Trinajstić information content (AvgIpc) is 2.09. The highest BCUT2D eigenvalue weighted by Crippen LogP contribution is 1.78. The van der Waals surface area contributed by atoms with Crippen molar-refractivity contribution in [1.82, 2.24) is 10.6 Å². The molecule has 0 aromatic carbocycles. The quantitative estimate of drug-likeness (QED) is 0.436. The van der Waals surface area contributed by atoms with Gasteiger partial charge in [0.15, 0.2) is 0 Å². The van der Waals surface area contributed by atoms with Gasteiger partial charge in [0.1, 0.15) is 0 Å². The summed E-state index contributed by atoms with van der Waals surface area (Å²) in [6, 6.07) is 0. The molecule has 1 amide bonds. The van der Waals surface area contributed by atoms with Crippen molar-refractivity contribution in [3.8, 4) is 0 Å². The van der Waals surface area contributed by atoms with Gasteiger partial charge in [0, 0.05) is 19.5 Å². The summed E-state index contributed by atoms with van der Waals surface area (Å²) in [7, 11) is 0. The van der Waals surface area contributed by atoms with Crippen LogP contribution in [0.1, 0.15) is 19.8 Å². The monoisotopic (exact) mass is 170 g/mol. The van der Waals surface area contributed by atoms with E-state index in [0.29, 0.717) is 13.0 Å². The zero-order valence-corrected chi connectivity index (χ0v) is 7.73. The predicted molar refractivity (Wildman–Crippen MR) is 51.0 cm³/mol. The van der Waals surface area contributed by atoms with Crippen LogP contribution in [0.3, 0.4) is 0 Å². The summed E-state index contributed by atoms with van der Waals surface area (Å²) in [5.41, 5.74) is 0. The second kappa shape index (κ2) is 8.27. The lowest BCUT2D eigenvalue weighted by Crippen LogP contribution is -2.27. The number of amides is 1. The van der Waals surface area contributed by atoms with Crippen LogP contribution in [0.15, 0.2) is 12.7 Å². The molecule has 0 spiro atoms. The Hall–Kier alpha value is -0.830. The topological polar surface area (TPSA) is 41.1 Å². The summed E-state index contributed by atoms with van der Waals surface area (Å²) in [6.07, 6.45) is 3.33. The van der Waals surface area contributed by atoms with Crippen molar-refractivity contribution >= 4 is 5.91 Å². The number of nitrogens with one attached hydrogen (secondary N) is 2. The van der Waals surface area contributed by atoms with Gasteiger partial charge < -0.3 is 10.6 Å². The van der Waals surface area contributed by atoms with Gasteiger partial charge in [-0.25, -0.2) is 0 Å². The Kier molecular flexibility index (Phi) is 7.70. The Balaban J connectivity index is 3.13. The molecule has 3 nitrogen and oxygen atoms in total. The average molecular weight is 170 g/mol. The van der Waals surface area contributed by atoms with Gasteiger partial charge in [0.25, 0.3) is 0 Å². The summed E-state index contributed by atoms with van der Waals surface area (Å²) in [4.78, 5) is 11.0. The molecule has 0 saturated heterocycles. The van der Waals surface area contributed by atoms with Gasteiger partial charge in [-0.1, -0.05) is 13.0 Å². The van der Waals surface area contributed by atoms with Crippen LogP contribution in [0.25, 0.3) is 0 Å². The first-order chi connectivity index (χ1) is 5.81. The predicted octanol–water partition coefficient (Wildman–Crippen LogP) is 0.678. The van der Waals surface area contributed by atoms with Crippen molar-refractivity contribution in [2.45, 2.75) is 19.8 Å². The molecule has 12 heavy (non-hydrogen) atoms. The van der Waals surface area contributed by atoms with E-state index >= 15 is 0 Å². The maximum absolute atomic E-state index is 11.0. The molecule has 0 aliphatic carbocycles. The second-order valence-electron chi connectivity index (χ2n) is 2.59. The third-order valence-corrected chi connectivity index (χ3v) is 1.40. The lowest BCUT2D eigenvalue weighted by atomic mass is 10.3. The minimum absolute atomic E-state index is 0.0819. The Bertz CT molecular complexity index is 134. The molecule has 2 N–H and O–H groups in total. The molecule has 0 radical (unpaired) electrons. The molecule has 3 heteroatoms. The fraction of sp³-hybridized carbons (Fsp3) is 0.667. The van der Waals surface area contributed by atoms with E-state index in [1.54, 1.807) is 6.08 Å². The lowest BCUT2D eigenvalue weighted by molar-refractivity contribution is -0.120. The molecular formula is C9H18N2O. The zero-order valence-electron chi connectivity index (χ0n) is 7.73. The van der Waals surface area contributed by atoms with Crippen LogP contribution in [0.5, 0.6) is 0 Å². The first-order valence-corrected chi connectivity index (χ1v) is 4.39. The largest absolute Gasteiger partial charge is 0.353 e. The maximum atomic E-state index is 11.0. The molecule has 0 saturated carbocycles. The fourth-order valence-electron chi connectivity index (χ4n) is 0.778. The Morgan fingerprint density at radius 2 is 2.25 bits per heavy atom. The van der Waals surface area contributed by atoms with Gasteiger partial charge in [0.2, 0.25) is 5.91 Å². The molecule has 70 valence electrons. The van der Waals surface area contributed by atoms with Gasteiger partial charge in [0.05, 0.1) is 0 Å². The van der Waals surface area contributed by atoms with E-state index in [4.69, 9.17) is 0 Å². The van der Waals surface area contributed by atoms with Crippen LogP contribution >= 0.6 is 0 Å². The summed E-state index contributed by atoms with van der Waals surface area (Å²) in [6.45, 7) is 7.92. The van der Waals surface area contributed by atoms with Gasteiger partial charge >= 0.3 is 0 Å². The smallest absolute Gasteiger partial charge is 0.221 e. The van der Waals surface area contributed by atoms with Gasteiger partial charge in [-0.2, -0.15) is 0 Å². The highest BCUT2D eigenvalue weighted by atomic mass is 16.1. The third kappa shape index (κ3) is 7.28. The first kappa shape index (κ1) is 11.2. The standard InChI is InChI=1S/C9H18N2O/c1-3-6-10-8-5-9(12)11-7-4-2/h4,10H,2-3,5-8H2,1H3,(H,11,12). The van der Waals surface area contributed by atoms with E-state index in [0.717, 1.165) is 19.5 Å². The van der Waals surface area contributed by atoms with Crippen molar-refractivity contribution in [2.24, 2.45) is 0 Å². The SMILES string of the molecule is C=CCNC(=O)CCNCCC. The van der Waals surface area contributed by atoms with Crippen LogP contribution in [-0.4, -0.2) is 25.5 Å². The number of hydrogen-bond acceptors (Lipinski definition) is 2. The van der Waals surface area contributed by atoms with Crippen molar-refractivity contribution in [3.63, 3.8) is 0 Å². The summed E-state index contributed by atoms with van der Waals surface area (Å²) < 4.78 is 0. The fourth-order valence-corrected chi connectivity index (χ4v) is 0.778. The molecule has 0 aromatic rings. The van der Waals surface area contributed by atoms with E-state index < -0.39 is 0 Å². The lowest BCUT2D eigenvalue weighted by Gasteiger charge is -2.02. The number of rotatable bonds is 7. The number of carbonyl (C=O) groups is 1. The second-order valence-corrected chi connectivity index (χ2v) is 2.59. The normalized spacial score (nSPS) is 9.42. The molecule has 0 unspecified atom stereocenters. The van der Waals surface area contributed by atoms with E-state index in [9.17, 15) is 4.79 Å². The molecule has 0 bridgehead atoms. The van der Waals surface area contributed by atoms with Crippen LogP contribution in [0.4, 0.5) is 0 Å². The summed E-state index contributed by atoms with van der Waals surface area (Å²) in [5.74, 6) is 0.0819. The van der Waals surface area contributed by atoms with Crippen LogP contribution < -0.4 is 10.6 Å². The van der Waals surface area contributed by atoms with Crippen molar-refractivity contribution < 1.29 is 4.79 Å². The third-order valence-electron chi connectivity index (χ3n) is 1.40. The molecule has 0 aliphatic heterocycles. The minimum atomic E-state index is 0.0819. The van der Waals surface area contributed by atoms with Gasteiger partial charge in [-0.15, -0.1) is 6.58 Å². The Morgan fingerprint density at radius 1 is 1.50 bits per heavy atom. The number of hydrogen-bond donors (Lipinski definition) is 2.